The molecule has 0 spiro atoms. The second kappa shape index (κ2) is 10.2. The molecule has 0 radical (unpaired) electrons. The van der Waals surface area contributed by atoms with Crippen LogP contribution in [0, 0.1) is 0 Å². The minimum absolute atomic E-state index is 0.146. The van der Waals surface area contributed by atoms with Gasteiger partial charge in [0, 0.05) is 18.3 Å². The van der Waals surface area contributed by atoms with Crippen LogP contribution in [0.3, 0.4) is 0 Å². The van der Waals surface area contributed by atoms with Gasteiger partial charge in [-0.25, -0.2) is 4.79 Å². The van der Waals surface area contributed by atoms with Gasteiger partial charge >= 0.3 is 5.97 Å². The van der Waals surface area contributed by atoms with E-state index < -0.39 is 5.97 Å². The molecule has 2 amide bonds. The zero-order valence-electron chi connectivity index (χ0n) is 16.6. The Hall–Kier alpha value is -2.67. The van der Waals surface area contributed by atoms with Crippen molar-refractivity contribution in [1.29, 1.82) is 0 Å². The van der Waals surface area contributed by atoms with Crippen molar-refractivity contribution < 1.29 is 19.1 Å². The highest BCUT2D eigenvalue weighted by molar-refractivity contribution is 7.12. The maximum Gasteiger partial charge on any atom is 0.338 e. The molecule has 2 aromatic rings. The number of benzene rings is 1. The molecule has 7 heteroatoms. The molecular weight excluding hydrogens is 388 g/mol. The Bertz CT molecular complexity index is 827. The minimum Gasteiger partial charge on any atom is -0.452 e. The van der Waals surface area contributed by atoms with Crippen LogP contribution in [0.25, 0.3) is 0 Å². The van der Waals surface area contributed by atoms with Crippen LogP contribution >= 0.6 is 11.3 Å². The van der Waals surface area contributed by atoms with Gasteiger partial charge in [-0.05, 0) is 55.5 Å². The van der Waals surface area contributed by atoms with Gasteiger partial charge in [-0.2, -0.15) is 0 Å². The molecule has 1 fully saturated rings. The van der Waals surface area contributed by atoms with E-state index in [1.165, 1.54) is 17.8 Å². The summed E-state index contributed by atoms with van der Waals surface area (Å²) in [6.45, 7) is 2.33. The number of hydrogen-bond donors (Lipinski definition) is 1. The first-order chi connectivity index (χ1) is 14.1. The van der Waals surface area contributed by atoms with Gasteiger partial charge < -0.3 is 15.0 Å². The van der Waals surface area contributed by atoms with E-state index in [1.54, 1.807) is 30.3 Å². The summed E-state index contributed by atoms with van der Waals surface area (Å²) in [6.07, 6.45) is 5.55. The van der Waals surface area contributed by atoms with Crippen molar-refractivity contribution >= 4 is 34.8 Å². The Kier molecular flexibility index (Phi) is 7.41. The number of carbonyl (C=O) groups is 3. The predicted molar refractivity (Wildman–Crippen MR) is 113 cm³/mol. The molecule has 6 nitrogen and oxygen atoms in total. The number of likely N-dealkylation sites (N-methyl/N-ethyl adjacent to an activating group) is 1. The lowest BCUT2D eigenvalue weighted by Crippen LogP contribution is -2.43. The maximum atomic E-state index is 12.5. The second-order valence-electron chi connectivity index (χ2n) is 7.06. The van der Waals surface area contributed by atoms with Gasteiger partial charge in [-0.3, -0.25) is 9.59 Å². The average molecular weight is 415 g/mol. The van der Waals surface area contributed by atoms with Crippen molar-refractivity contribution in [2.45, 2.75) is 45.1 Å². The molecule has 0 bridgehead atoms. The fourth-order valence-electron chi connectivity index (χ4n) is 3.61. The van der Waals surface area contributed by atoms with Crippen LogP contribution in [0.15, 0.2) is 41.8 Å². The molecule has 0 atom stereocenters. The molecule has 29 heavy (non-hydrogen) atoms. The Morgan fingerprint density at radius 3 is 2.45 bits per heavy atom. The normalized spacial score (nSPS) is 14.2. The lowest BCUT2D eigenvalue weighted by atomic mass is 9.94. The van der Waals surface area contributed by atoms with Crippen molar-refractivity contribution in [2.75, 3.05) is 18.5 Å². The zero-order valence-corrected chi connectivity index (χ0v) is 17.4. The van der Waals surface area contributed by atoms with Crippen LogP contribution in [0.5, 0.6) is 0 Å². The number of carbonyl (C=O) groups excluding carboxylic acids is 3. The van der Waals surface area contributed by atoms with E-state index in [2.05, 4.69) is 5.32 Å². The molecule has 1 heterocycles. The fourth-order valence-corrected chi connectivity index (χ4v) is 4.23. The van der Waals surface area contributed by atoms with E-state index >= 15 is 0 Å². The number of anilines is 1. The standard InChI is InChI=1S/C22H26N2O4S/c1-2-24(18-7-4-3-5-8-18)20(25)15-28-22(27)16-10-12-17(13-11-16)23-21(26)19-9-6-14-29-19/h6,9-14,18H,2-5,7-8,15H2,1H3,(H,23,26). The van der Waals surface area contributed by atoms with Gasteiger partial charge in [0.05, 0.1) is 10.4 Å². The number of ether oxygens (including phenoxy) is 1. The minimum atomic E-state index is -0.547. The number of amides is 2. The molecule has 0 saturated heterocycles. The summed E-state index contributed by atoms with van der Waals surface area (Å²) in [5.41, 5.74) is 0.929. The summed E-state index contributed by atoms with van der Waals surface area (Å²) in [5, 5.41) is 4.61. The van der Waals surface area contributed by atoms with E-state index in [0.717, 1.165) is 25.7 Å². The summed E-state index contributed by atoms with van der Waals surface area (Å²) in [6, 6.07) is 10.3. The molecule has 1 aromatic heterocycles. The Morgan fingerprint density at radius 2 is 1.83 bits per heavy atom. The molecule has 0 aliphatic heterocycles. The summed E-state index contributed by atoms with van der Waals surface area (Å²) >= 11 is 1.36. The molecule has 1 aliphatic rings. The van der Waals surface area contributed by atoms with Crippen LogP contribution in [0.4, 0.5) is 5.69 Å². The van der Waals surface area contributed by atoms with Crippen molar-refractivity contribution in [3.05, 3.63) is 52.2 Å². The molecule has 1 aliphatic carbocycles. The molecule has 1 saturated carbocycles. The molecule has 3 rings (SSSR count). The quantitative estimate of drug-likeness (QED) is 0.684. The van der Waals surface area contributed by atoms with Crippen LogP contribution in [0.2, 0.25) is 0 Å². The third-order valence-electron chi connectivity index (χ3n) is 5.13. The number of rotatable bonds is 7. The van der Waals surface area contributed by atoms with E-state index in [-0.39, 0.29) is 24.5 Å². The zero-order chi connectivity index (χ0) is 20.6. The first kappa shape index (κ1) is 21.0. The smallest absolute Gasteiger partial charge is 0.338 e. The van der Waals surface area contributed by atoms with Gasteiger partial charge in [-0.15, -0.1) is 11.3 Å². The lowest BCUT2D eigenvalue weighted by molar-refractivity contribution is -0.137. The monoisotopic (exact) mass is 414 g/mol. The van der Waals surface area contributed by atoms with Crippen molar-refractivity contribution in [1.82, 2.24) is 4.90 Å². The van der Waals surface area contributed by atoms with Crippen molar-refractivity contribution in [3.63, 3.8) is 0 Å². The topological polar surface area (TPSA) is 75.7 Å². The highest BCUT2D eigenvalue weighted by Gasteiger charge is 2.25. The summed E-state index contributed by atoms with van der Waals surface area (Å²) in [4.78, 5) is 39.3. The SMILES string of the molecule is CCN(C(=O)COC(=O)c1ccc(NC(=O)c2cccs2)cc1)C1CCCCC1. The molecule has 1 N–H and O–H groups in total. The fraction of sp³-hybridized carbons (Fsp3) is 0.409. The van der Waals surface area contributed by atoms with E-state index in [0.29, 0.717) is 22.7 Å². The number of nitrogens with one attached hydrogen (secondary N) is 1. The predicted octanol–water partition coefficient (Wildman–Crippen LogP) is 4.34. The Labute approximate surface area is 174 Å². The van der Waals surface area contributed by atoms with Gasteiger partial charge in [0.2, 0.25) is 0 Å². The largest absolute Gasteiger partial charge is 0.452 e. The third-order valence-corrected chi connectivity index (χ3v) is 6.00. The van der Waals surface area contributed by atoms with Crippen LogP contribution in [-0.4, -0.2) is 41.9 Å². The third kappa shape index (κ3) is 5.67. The van der Waals surface area contributed by atoms with E-state index in [9.17, 15) is 14.4 Å². The first-order valence-corrected chi connectivity index (χ1v) is 10.9. The molecule has 154 valence electrons. The van der Waals surface area contributed by atoms with Crippen LogP contribution in [-0.2, 0) is 9.53 Å². The van der Waals surface area contributed by atoms with Gasteiger partial charge in [0.25, 0.3) is 11.8 Å². The summed E-state index contributed by atoms with van der Waals surface area (Å²) in [7, 11) is 0. The lowest BCUT2D eigenvalue weighted by Gasteiger charge is -2.33. The van der Waals surface area contributed by atoms with Crippen LogP contribution < -0.4 is 5.32 Å². The van der Waals surface area contributed by atoms with Crippen LogP contribution in [0.1, 0.15) is 59.1 Å². The molecule has 0 unspecified atom stereocenters. The number of esters is 1. The highest BCUT2D eigenvalue weighted by Crippen LogP contribution is 2.22. The Morgan fingerprint density at radius 1 is 1.10 bits per heavy atom. The molecule has 1 aromatic carbocycles. The highest BCUT2D eigenvalue weighted by atomic mass is 32.1. The number of nitrogens with zero attached hydrogens (tertiary/aromatic N) is 1. The van der Waals surface area contributed by atoms with Crippen molar-refractivity contribution in [3.8, 4) is 0 Å². The summed E-state index contributed by atoms with van der Waals surface area (Å²) in [5.74, 6) is -0.884. The van der Waals surface area contributed by atoms with E-state index in [1.807, 2.05) is 23.3 Å². The second-order valence-corrected chi connectivity index (χ2v) is 8.00. The number of hydrogen-bond acceptors (Lipinski definition) is 5. The van der Waals surface area contributed by atoms with Crippen molar-refractivity contribution in [2.24, 2.45) is 0 Å². The summed E-state index contributed by atoms with van der Waals surface area (Å²) < 4.78 is 5.23. The first-order valence-electron chi connectivity index (χ1n) is 10.00. The van der Waals surface area contributed by atoms with Gasteiger partial charge in [0.1, 0.15) is 0 Å². The average Bonchev–Trinajstić information content (AvgIpc) is 3.29. The maximum absolute atomic E-state index is 12.5. The Balaban J connectivity index is 1.51. The number of thiophene rings is 1. The van der Waals surface area contributed by atoms with Gasteiger partial charge in [-0.1, -0.05) is 25.3 Å². The van der Waals surface area contributed by atoms with E-state index in [4.69, 9.17) is 4.74 Å². The van der Waals surface area contributed by atoms with Gasteiger partial charge in [0.15, 0.2) is 6.61 Å². The molecular formula is C22H26N2O4S.